The Hall–Kier alpha value is -0.380. The predicted molar refractivity (Wildman–Crippen MR) is 73.0 cm³/mol. The first kappa shape index (κ1) is 13.7. The molecule has 0 bridgehead atoms. The van der Waals surface area contributed by atoms with Gasteiger partial charge < -0.3 is 10.2 Å². The number of nitrogens with zero attached hydrogens (tertiary/aromatic N) is 1. The molecule has 92 valence electrons. The van der Waals surface area contributed by atoms with Gasteiger partial charge in [-0.2, -0.15) is 11.3 Å². The molecule has 1 aromatic rings. The van der Waals surface area contributed by atoms with Crippen LogP contribution in [0.5, 0.6) is 0 Å². The maximum atomic E-state index is 3.30. The van der Waals surface area contributed by atoms with Gasteiger partial charge in [-0.15, -0.1) is 0 Å². The number of nitrogens with one attached hydrogen (secondary N) is 1. The summed E-state index contributed by atoms with van der Waals surface area (Å²) in [6.07, 6.45) is 1.21. The van der Waals surface area contributed by atoms with Gasteiger partial charge in [0.05, 0.1) is 0 Å². The monoisotopic (exact) mass is 240 g/mol. The Morgan fingerprint density at radius 3 is 2.75 bits per heavy atom. The van der Waals surface area contributed by atoms with E-state index < -0.39 is 0 Å². The Labute approximate surface area is 104 Å². The van der Waals surface area contributed by atoms with Gasteiger partial charge in [0.15, 0.2) is 0 Å². The molecule has 2 nitrogen and oxygen atoms in total. The second-order valence-electron chi connectivity index (χ2n) is 5.00. The summed E-state index contributed by atoms with van der Waals surface area (Å²) in [5, 5.41) is 7.68. The molecule has 0 saturated carbocycles. The molecule has 0 aliphatic carbocycles. The normalized spacial score (nSPS) is 15.3. The number of hydrogen-bond donors (Lipinski definition) is 1. The molecule has 1 rings (SSSR count). The standard InChI is InChI=1S/C13H24N2S/c1-5-13(2,10-14-3)11-15(4)8-12-6-7-16-9-12/h6-7,9,14H,5,8,10-11H2,1-4H3. The van der Waals surface area contributed by atoms with Crippen molar-refractivity contribution in [2.45, 2.75) is 26.8 Å². The van der Waals surface area contributed by atoms with Crippen LogP contribution in [0.15, 0.2) is 16.8 Å². The quantitative estimate of drug-likeness (QED) is 0.788. The highest BCUT2D eigenvalue weighted by molar-refractivity contribution is 7.07. The molecule has 0 amide bonds. The van der Waals surface area contributed by atoms with E-state index in [2.05, 4.69) is 47.9 Å². The molecule has 1 unspecified atom stereocenters. The largest absolute Gasteiger partial charge is 0.319 e. The lowest BCUT2D eigenvalue weighted by Gasteiger charge is -2.32. The Balaban J connectivity index is 2.45. The van der Waals surface area contributed by atoms with E-state index >= 15 is 0 Å². The summed E-state index contributed by atoms with van der Waals surface area (Å²) in [5.41, 5.74) is 1.80. The highest BCUT2D eigenvalue weighted by Gasteiger charge is 2.22. The molecule has 0 saturated heterocycles. The summed E-state index contributed by atoms with van der Waals surface area (Å²) in [6.45, 7) is 7.91. The van der Waals surface area contributed by atoms with Gasteiger partial charge in [-0.05, 0) is 48.3 Å². The Morgan fingerprint density at radius 1 is 1.50 bits per heavy atom. The van der Waals surface area contributed by atoms with Crippen LogP contribution >= 0.6 is 11.3 Å². The van der Waals surface area contributed by atoms with Crippen molar-refractivity contribution in [3.8, 4) is 0 Å². The highest BCUT2D eigenvalue weighted by atomic mass is 32.1. The molecule has 1 aromatic heterocycles. The first-order valence-electron chi connectivity index (χ1n) is 5.94. The number of rotatable bonds is 7. The van der Waals surface area contributed by atoms with Gasteiger partial charge in [0, 0.05) is 19.6 Å². The lowest BCUT2D eigenvalue weighted by molar-refractivity contribution is 0.178. The van der Waals surface area contributed by atoms with Crippen LogP contribution < -0.4 is 5.32 Å². The van der Waals surface area contributed by atoms with Gasteiger partial charge in [-0.1, -0.05) is 13.8 Å². The third-order valence-corrected chi connectivity index (χ3v) is 3.87. The fraction of sp³-hybridized carbons (Fsp3) is 0.692. The fourth-order valence-electron chi connectivity index (χ4n) is 2.12. The average Bonchev–Trinajstić information content (AvgIpc) is 2.70. The minimum absolute atomic E-state index is 0.375. The lowest BCUT2D eigenvalue weighted by Crippen LogP contribution is -2.39. The molecule has 1 N–H and O–H groups in total. The summed E-state index contributed by atoms with van der Waals surface area (Å²) in [5.74, 6) is 0. The van der Waals surface area contributed by atoms with Gasteiger partial charge in [-0.25, -0.2) is 0 Å². The molecule has 0 fully saturated rings. The summed E-state index contributed by atoms with van der Waals surface area (Å²) < 4.78 is 0. The van der Waals surface area contributed by atoms with Crippen LogP contribution in [0.3, 0.4) is 0 Å². The maximum absolute atomic E-state index is 3.30. The predicted octanol–water partition coefficient (Wildman–Crippen LogP) is 2.82. The SMILES string of the molecule is CCC(C)(CNC)CN(C)Cc1ccsc1. The van der Waals surface area contributed by atoms with Gasteiger partial charge >= 0.3 is 0 Å². The van der Waals surface area contributed by atoms with Crippen LogP contribution in [0.25, 0.3) is 0 Å². The first-order chi connectivity index (χ1) is 7.59. The molecule has 0 aliphatic heterocycles. The van der Waals surface area contributed by atoms with E-state index in [-0.39, 0.29) is 0 Å². The molecule has 1 atom stereocenters. The van der Waals surface area contributed by atoms with Crippen LogP contribution in [0.2, 0.25) is 0 Å². The van der Waals surface area contributed by atoms with Crippen molar-refractivity contribution in [3.63, 3.8) is 0 Å². The van der Waals surface area contributed by atoms with Gasteiger partial charge in [0.1, 0.15) is 0 Å². The van der Waals surface area contributed by atoms with E-state index in [1.54, 1.807) is 11.3 Å². The van der Waals surface area contributed by atoms with Crippen molar-refractivity contribution in [1.82, 2.24) is 10.2 Å². The summed E-state index contributed by atoms with van der Waals surface area (Å²) in [6, 6.07) is 2.21. The molecule has 0 aliphatic rings. The van der Waals surface area contributed by atoms with Crippen LogP contribution in [0.4, 0.5) is 0 Å². The molecule has 1 heterocycles. The second kappa shape index (κ2) is 6.38. The Kier molecular flexibility index (Phi) is 5.46. The molecular weight excluding hydrogens is 216 g/mol. The zero-order valence-corrected chi connectivity index (χ0v) is 11.7. The van der Waals surface area contributed by atoms with Crippen molar-refractivity contribution >= 4 is 11.3 Å². The molecular formula is C13H24N2S. The van der Waals surface area contributed by atoms with Crippen LogP contribution in [-0.2, 0) is 6.54 Å². The molecule has 16 heavy (non-hydrogen) atoms. The van der Waals surface area contributed by atoms with E-state index in [0.29, 0.717) is 5.41 Å². The smallest absolute Gasteiger partial charge is 0.0239 e. The number of thiophene rings is 1. The van der Waals surface area contributed by atoms with Crippen LogP contribution in [-0.4, -0.2) is 32.1 Å². The maximum Gasteiger partial charge on any atom is 0.0239 e. The van der Waals surface area contributed by atoms with E-state index in [1.807, 2.05) is 7.05 Å². The summed E-state index contributed by atoms with van der Waals surface area (Å²) in [7, 11) is 4.24. The average molecular weight is 240 g/mol. The molecule has 3 heteroatoms. The summed E-state index contributed by atoms with van der Waals surface area (Å²) in [4.78, 5) is 2.42. The van der Waals surface area contributed by atoms with Crippen molar-refractivity contribution < 1.29 is 0 Å². The van der Waals surface area contributed by atoms with Gasteiger partial charge in [0.25, 0.3) is 0 Å². The third kappa shape index (κ3) is 4.24. The lowest BCUT2D eigenvalue weighted by atomic mass is 9.87. The molecule has 0 aromatic carbocycles. The van der Waals surface area contributed by atoms with Crippen molar-refractivity contribution in [2.75, 3.05) is 27.2 Å². The fourth-order valence-corrected chi connectivity index (χ4v) is 2.78. The van der Waals surface area contributed by atoms with Crippen molar-refractivity contribution in [3.05, 3.63) is 22.4 Å². The van der Waals surface area contributed by atoms with E-state index in [4.69, 9.17) is 0 Å². The topological polar surface area (TPSA) is 15.3 Å². The van der Waals surface area contributed by atoms with Crippen molar-refractivity contribution in [2.24, 2.45) is 5.41 Å². The Morgan fingerprint density at radius 2 is 2.25 bits per heavy atom. The first-order valence-corrected chi connectivity index (χ1v) is 6.88. The van der Waals surface area contributed by atoms with E-state index in [0.717, 1.165) is 19.6 Å². The van der Waals surface area contributed by atoms with Crippen molar-refractivity contribution in [1.29, 1.82) is 0 Å². The van der Waals surface area contributed by atoms with E-state index in [9.17, 15) is 0 Å². The van der Waals surface area contributed by atoms with E-state index in [1.165, 1.54) is 12.0 Å². The zero-order chi connectivity index (χ0) is 12.0. The van der Waals surface area contributed by atoms with Gasteiger partial charge in [0.2, 0.25) is 0 Å². The Bertz CT molecular complexity index is 284. The molecule has 0 radical (unpaired) electrons. The number of hydrogen-bond acceptors (Lipinski definition) is 3. The minimum atomic E-state index is 0.375. The third-order valence-electron chi connectivity index (χ3n) is 3.14. The van der Waals surface area contributed by atoms with Gasteiger partial charge in [-0.3, -0.25) is 0 Å². The highest BCUT2D eigenvalue weighted by Crippen LogP contribution is 2.22. The van der Waals surface area contributed by atoms with Crippen LogP contribution in [0.1, 0.15) is 25.8 Å². The molecule has 0 spiro atoms. The second-order valence-corrected chi connectivity index (χ2v) is 5.78. The zero-order valence-electron chi connectivity index (χ0n) is 10.9. The minimum Gasteiger partial charge on any atom is -0.319 e. The summed E-state index contributed by atoms with van der Waals surface area (Å²) >= 11 is 1.78. The van der Waals surface area contributed by atoms with Crippen LogP contribution in [0, 0.1) is 5.41 Å².